The van der Waals surface area contributed by atoms with Gasteiger partial charge in [-0.2, -0.15) is 0 Å². The van der Waals surface area contributed by atoms with Crippen LogP contribution in [-0.2, 0) is 6.42 Å². The van der Waals surface area contributed by atoms with Crippen LogP contribution in [0.3, 0.4) is 0 Å². The molecule has 1 aromatic rings. The Morgan fingerprint density at radius 3 is 2.35 bits per heavy atom. The summed E-state index contributed by atoms with van der Waals surface area (Å²) in [5, 5.41) is 5.68. The van der Waals surface area contributed by atoms with E-state index in [1.54, 1.807) is 14.2 Å². The molecule has 0 aliphatic heterocycles. The summed E-state index contributed by atoms with van der Waals surface area (Å²) in [5.74, 6) is 1.40. The minimum absolute atomic E-state index is 0.155. The molecule has 0 spiro atoms. The van der Waals surface area contributed by atoms with Crippen molar-refractivity contribution in [2.75, 3.05) is 20.8 Å². The largest absolute Gasteiger partial charge is 0.493 e. The highest BCUT2D eigenvalue weighted by Gasteiger charge is 2.12. The van der Waals surface area contributed by atoms with Crippen molar-refractivity contribution in [2.45, 2.75) is 32.7 Å². The Morgan fingerprint density at radius 1 is 1.15 bits per heavy atom. The SMILES string of the molecule is COc1ccc(CCNC(=O)NC(C)(C)C)cc1OC. The molecule has 20 heavy (non-hydrogen) atoms. The van der Waals surface area contributed by atoms with Crippen molar-refractivity contribution in [3.8, 4) is 11.5 Å². The van der Waals surface area contributed by atoms with Crippen molar-refractivity contribution in [3.05, 3.63) is 23.8 Å². The lowest BCUT2D eigenvalue weighted by Crippen LogP contribution is -2.46. The van der Waals surface area contributed by atoms with Crippen LogP contribution in [0.2, 0.25) is 0 Å². The predicted molar refractivity (Wildman–Crippen MR) is 79.5 cm³/mol. The van der Waals surface area contributed by atoms with E-state index in [1.807, 2.05) is 39.0 Å². The van der Waals surface area contributed by atoms with E-state index in [1.165, 1.54) is 0 Å². The van der Waals surface area contributed by atoms with Crippen LogP contribution in [0.5, 0.6) is 11.5 Å². The fraction of sp³-hybridized carbons (Fsp3) is 0.533. The molecule has 0 bridgehead atoms. The van der Waals surface area contributed by atoms with Gasteiger partial charge in [0.2, 0.25) is 0 Å². The highest BCUT2D eigenvalue weighted by molar-refractivity contribution is 5.74. The van der Waals surface area contributed by atoms with Gasteiger partial charge < -0.3 is 20.1 Å². The second-order valence-electron chi connectivity index (χ2n) is 5.57. The second kappa shape index (κ2) is 7.03. The van der Waals surface area contributed by atoms with E-state index in [0.717, 1.165) is 12.0 Å². The molecule has 1 aromatic carbocycles. The third-order valence-electron chi connectivity index (χ3n) is 2.64. The molecule has 0 saturated carbocycles. The Morgan fingerprint density at radius 2 is 1.80 bits per heavy atom. The van der Waals surface area contributed by atoms with Gasteiger partial charge in [0.05, 0.1) is 14.2 Å². The molecule has 1 rings (SSSR count). The van der Waals surface area contributed by atoms with Crippen molar-refractivity contribution < 1.29 is 14.3 Å². The number of carbonyl (C=O) groups is 1. The maximum Gasteiger partial charge on any atom is 0.315 e. The third kappa shape index (κ3) is 5.38. The van der Waals surface area contributed by atoms with Gasteiger partial charge in [0.1, 0.15) is 0 Å². The van der Waals surface area contributed by atoms with Gasteiger partial charge >= 0.3 is 6.03 Å². The summed E-state index contributed by atoms with van der Waals surface area (Å²) in [6.07, 6.45) is 0.734. The van der Waals surface area contributed by atoms with E-state index < -0.39 is 0 Å². The Kier molecular flexibility index (Phi) is 5.67. The molecule has 2 amide bonds. The van der Waals surface area contributed by atoms with E-state index in [4.69, 9.17) is 9.47 Å². The summed E-state index contributed by atoms with van der Waals surface area (Å²) in [4.78, 5) is 11.6. The average molecular weight is 280 g/mol. The number of hydrogen-bond donors (Lipinski definition) is 2. The monoisotopic (exact) mass is 280 g/mol. The Balaban J connectivity index is 2.48. The highest BCUT2D eigenvalue weighted by atomic mass is 16.5. The number of methoxy groups -OCH3 is 2. The van der Waals surface area contributed by atoms with Crippen molar-refractivity contribution in [1.82, 2.24) is 10.6 Å². The Bertz CT molecular complexity index is 453. The molecule has 0 unspecified atom stereocenters. The number of urea groups is 1. The average Bonchev–Trinajstić information content (AvgIpc) is 2.36. The fourth-order valence-corrected chi connectivity index (χ4v) is 1.74. The van der Waals surface area contributed by atoms with Gasteiger partial charge in [-0.1, -0.05) is 6.07 Å². The molecule has 0 aliphatic rings. The quantitative estimate of drug-likeness (QED) is 0.870. The Hall–Kier alpha value is -1.91. The maximum atomic E-state index is 11.6. The van der Waals surface area contributed by atoms with Gasteiger partial charge in [-0.3, -0.25) is 0 Å². The summed E-state index contributed by atoms with van der Waals surface area (Å²) in [5.41, 5.74) is 0.853. The number of nitrogens with one attached hydrogen (secondary N) is 2. The number of rotatable bonds is 5. The number of carbonyl (C=O) groups excluding carboxylic acids is 1. The van der Waals surface area contributed by atoms with Gasteiger partial charge in [0.15, 0.2) is 11.5 Å². The first-order valence-electron chi connectivity index (χ1n) is 6.62. The summed E-state index contributed by atoms with van der Waals surface area (Å²) >= 11 is 0. The number of hydrogen-bond acceptors (Lipinski definition) is 3. The molecule has 0 heterocycles. The lowest BCUT2D eigenvalue weighted by molar-refractivity contribution is 0.232. The van der Waals surface area contributed by atoms with Crippen LogP contribution in [0.1, 0.15) is 26.3 Å². The van der Waals surface area contributed by atoms with Crippen LogP contribution < -0.4 is 20.1 Å². The zero-order chi connectivity index (χ0) is 15.2. The topological polar surface area (TPSA) is 59.6 Å². The van der Waals surface area contributed by atoms with Gasteiger partial charge in [-0.25, -0.2) is 4.79 Å². The predicted octanol–water partition coefficient (Wildman–Crippen LogP) is 2.34. The summed E-state index contributed by atoms with van der Waals surface area (Å²) < 4.78 is 10.4. The summed E-state index contributed by atoms with van der Waals surface area (Å²) in [7, 11) is 3.21. The molecule has 0 saturated heterocycles. The third-order valence-corrected chi connectivity index (χ3v) is 2.64. The molecular formula is C15H24N2O3. The molecule has 0 aliphatic carbocycles. The minimum Gasteiger partial charge on any atom is -0.493 e. The molecule has 0 radical (unpaired) electrons. The van der Waals surface area contributed by atoms with Crippen molar-refractivity contribution in [3.63, 3.8) is 0 Å². The van der Waals surface area contributed by atoms with E-state index >= 15 is 0 Å². The van der Waals surface area contributed by atoms with Crippen LogP contribution in [-0.4, -0.2) is 32.3 Å². The van der Waals surface area contributed by atoms with Gasteiger partial charge in [0.25, 0.3) is 0 Å². The standard InChI is InChI=1S/C15H24N2O3/c1-15(2,3)17-14(18)16-9-8-11-6-7-12(19-4)13(10-11)20-5/h6-7,10H,8-9H2,1-5H3,(H2,16,17,18). The van der Waals surface area contributed by atoms with Crippen molar-refractivity contribution in [1.29, 1.82) is 0 Å². The molecule has 112 valence electrons. The molecule has 5 heteroatoms. The van der Waals surface area contributed by atoms with Crippen LogP contribution in [0, 0.1) is 0 Å². The van der Waals surface area contributed by atoms with E-state index in [-0.39, 0.29) is 11.6 Å². The zero-order valence-electron chi connectivity index (χ0n) is 12.9. The van der Waals surface area contributed by atoms with Crippen LogP contribution >= 0.6 is 0 Å². The fourth-order valence-electron chi connectivity index (χ4n) is 1.74. The second-order valence-corrected chi connectivity index (χ2v) is 5.57. The normalized spacial score (nSPS) is 10.8. The lowest BCUT2D eigenvalue weighted by Gasteiger charge is -2.20. The first-order chi connectivity index (χ1) is 9.35. The van der Waals surface area contributed by atoms with Gasteiger partial charge in [-0.15, -0.1) is 0 Å². The van der Waals surface area contributed by atoms with Crippen LogP contribution in [0.4, 0.5) is 4.79 Å². The maximum absolute atomic E-state index is 11.6. The summed E-state index contributed by atoms with van der Waals surface area (Å²) in [6, 6.07) is 5.59. The van der Waals surface area contributed by atoms with E-state index in [2.05, 4.69) is 10.6 Å². The Labute approximate surface area is 120 Å². The number of amides is 2. The minimum atomic E-state index is -0.229. The number of ether oxygens (including phenoxy) is 2. The molecule has 0 aromatic heterocycles. The molecule has 0 fully saturated rings. The smallest absolute Gasteiger partial charge is 0.315 e. The highest BCUT2D eigenvalue weighted by Crippen LogP contribution is 2.27. The van der Waals surface area contributed by atoms with Gasteiger partial charge in [0, 0.05) is 12.1 Å². The van der Waals surface area contributed by atoms with Crippen molar-refractivity contribution >= 4 is 6.03 Å². The van der Waals surface area contributed by atoms with E-state index in [9.17, 15) is 4.79 Å². The molecule has 2 N–H and O–H groups in total. The molecule has 0 atom stereocenters. The zero-order valence-corrected chi connectivity index (χ0v) is 12.9. The van der Waals surface area contributed by atoms with Gasteiger partial charge in [-0.05, 0) is 44.9 Å². The molecular weight excluding hydrogens is 256 g/mol. The summed E-state index contributed by atoms with van der Waals surface area (Å²) in [6.45, 7) is 6.40. The van der Waals surface area contributed by atoms with E-state index in [0.29, 0.717) is 18.0 Å². The first kappa shape index (κ1) is 16.1. The number of benzene rings is 1. The van der Waals surface area contributed by atoms with Crippen molar-refractivity contribution in [2.24, 2.45) is 0 Å². The van der Waals surface area contributed by atoms with Crippen LogP contribution in [0.25, 0.3) is 0 Å². The molecule has 5 nitrogen and oxygen atoms in total. The first-order valence-corrected chi connectivity index (χ1v) is 6.62. The van der Waals surface area contributed by atoms with Crippen LogP contribution in [0.15, 0.2) is 18.2 Å². The lowest BCUT2D eigenvalue weighted by atomic mass is 10.1.